The van der Waals surface area contributed by atoms with Gasteiger partial charge in [-0.3, -0.25) is 9.69 Å². The highest BCUT2D eigenvalue weighted by Gasteiger charge is 2.43. The lowest BCUT2D eigenvalue weighted by Gasteiger charge is -2.38. The first-order valence-electron chi connectivity index (χ1n) is 10.1. The SMILES string of the molecule is COC(=O)C1=C(C)N=C2SCCC(=O)N2[C@@H]1c1cn(-c2ccccc2)nc1-c1cccs1. The third-order valence-corrected chi connectivity index (χ3v) is 7.26. The van der Waals surface area contributed by atoms with E-state index < -0.39 is 12.0 Å². The van der Waals surface area contributed by atoms with Crippen LogP contribution in [-0.2, 0) is 14.3 Å². The number of fused-ring (bicyclic) bond motifs is 1. The van der Waals surface area contributed by atoms with Gasteiger partial charge in [-0.05, 0) is 30.5 Å². The average Bonchev–Trinajstić information content (AvgIpc) is 3.48. The smallest absolute Gasteiger partial charge is 0.338 e. The van der Waals surface area contributed by atoms with Crippen molar-refractivity contribution in [3.05, 3.63) is 70.9 Å². The molecule has 1 aromatic carbocycles. The van der Waals surface area contributed by atoms with Gasteiger partial charge in [0.15, 0.2) is 5.17 Å². The Morgan fingerprint density at radius 3 is 2.72 bits per heavy atom. The summed E-state index contributed by atoms with van der Waals surface area (Å²) in [6.45, 7) is 1.79. The Kier molecular flexibility index (Phi) is 5.44. The van der Waals surface area contributed by atoms with E-state index in [-0.39, 0.29) is 5.91 Å². The Hall–Kier alpha value is -3.17. The van der Waals surface area contributed by atoms with Crippen LogP contribution < -0.4 is 0 Å². The number of thiophene rings is 1. The third-order valence-electron chi connectivity index (χ3n) is 5.42. The monoisotopic (exact) mass is 464 g/mol. The summed E-state index contributed by atoms with van der Waals surface area (Å²) in [5.41, 5.74) is 3.30. The maximum absolute atomic E-state index is 13.1. The predicted octanol–water partition coefficient (Wildman–Crippen LogP) is 4.42. The molecule has 7 nitrogen and oxygen atoms in total. The molecule has 1 atom stereocenters. The van der Waals surface area contributed by atoms with E-state index in [1.165, 1.54) is 18.9 Å². The number of rotatable bonds is 4. The fraction of sp³-hybridized carbons (Fsp3) is 0.217. The molecule has 0 aliphatic carbocycles. The fourth-order valence-electron chi connectivity index (χ4n) is 3.97. The molecule has 0 spiro atoms. The zero-order valence-corrected chi connectivity index (χ0v) is 19.2. The molecule has 0 N–H and O–H groups in total. The topological polar surface area (TPSA) is 76.8 Å². The van der Waals surface area contributed by atoms with Crippen LogP contribution in [-0.4, -0.2) is 44.6 Å². The molecule has 162 valence electrons. The maximum Gasteiger partial charge on any atom is 0.338 e. The number of aliphatic imine (C=N–C) groups is 1. The number of benzene rings is 1. The number of para-hydroxylation sites is 1. The number of carbonyl (C=O) groups excluding carboxylic acids is 2. The number of methoxy groups -OCH3 is 1. The van der Waals surface area contributed by atoms with Gasteiger partial charge in [-0.1, -0.05) is 36.0 Å². The van der Waals surface area contributed by atoms with Crippen LogP contribution in [0.3, 0.4) is 0 Å². The molecule has 2 aliphatic heterocycles. The minimum absolute atomic E-state index is 0.0639. The molecule has 1 fully saturated rings. The lowest BCUT2D eigenvalue weighted by Crippen LogP contribution is -2.45. The second-order valence-corrected chi connectivity index (χ2v) is 9.35. The van der Waals surface area contributed by atoms with Crippen molar-refractivity contribution in [1.82, 2.24) is 14.7 Å². The number of amides is 1. The van der Waals surface area contributed by atoms with Crippen LogP contribution in [0.5, 0.6) is 0 Å². The Balaban J connectivity index is 1.75. The van der Waals surface area contributed by atoms with E-state index in [4.69, 9.17) is 9.84 Å². The third kappa shape index (κ3) is 3.47. The molecular weight excluding hydrogens is 444 g/mol. The van der Waals surface area contributed by atoms with E-state index in [0.29, 0.717) is 28.6 Å². The van der Waals surface area contributed by atoms with Crippen LogP contribution in [0, 0.1) is 0 Å². The van der Waals surface area contributed by atoms with Crippen LogP contribution >= 0.6 is 23.1 Å². The maximum atomic E-state index is 13.1. The fourth-order valence-corrected chi connectivity index (χ4v) is 5.70. The van der Waals surface area contributed by atoms with E-state index in [1.54, 1.807) is 27.8 Å². The molecule has 0 unspecified atom stereocenters. The second kappa shape index (κ2) is 8.40. The Morgan fingerprint density at radius 2 is 2.00 bits per heavy atom. The number of aromatic nitrogens is 2. The van der Waals surface area contributed by atoms with Crippen LogP contribution in [0.15, 0.2) is 70.3 Å². The number of amidine groups is 1. The van der Waals surface area contributed by atoms with Crippen LogP contribution in [0.1, 0.15) is 24.9 Å². The largest absolute Gasteiger partial charge is 0.466 e. The first-order valence-corrected chi connectivity index (χ1v) is 12.0. The van der Waals surface area contributed by atoms with Gasteiger partial charge in [0.05, 0.1) is 28.9 Å². The van der Waals surface area contributed by atoms with Crippen LogP contribution in [0.2, 0.25) is 0 Å². The quantitative estimate of drug-likeness (QED) is 0.534. The molecule has 32 heavy (non-hydrogen) atoms. The van der Waals surface area contributed by atoms with Crippen molar-refractivity contribution in [3.63, 3.8) is 0 Å². The summed E-state index contributed by atoms with van der Waals surface area (Å²) in [7, 11) is 1.35. The van der Waals surface area contributed by atoms with E-state index >= 15 is 0 Å². The minimum Gasteiger partial charge on any atom is -0.466 e. The van der Waals surface area contributed by atoms with Crippen molar-refractivity contribution < 1.29 is 14.3 Å². The molecule has 1 amide bonds. The molecule has 2 aromatic heterocycles. The summed E-state index contributed by atoms with van der Waals surface area (Å²) >= 11 is 3.09. The lowest BCUT2D eigenvalue weighted by atomic mass is 9.94. The highest BCUT2D eigenvalue weighted by molar-refractivity contribution is 8.14. The molecule has 3 aromatic rings. The summed E-state index contributed by atoms with van der Waals surface area (Å²) < 4.78 is 6.91. The van der Waals surface area contributed by atoms with Gasteiger partial charge in [-0.15, -0.1) is 11.3 Å². The van der Waals surface area contributed by atoms with E-state index in [0.717, 1.165) is 21.8 Å². The molecule has 0 radical (unpaired) electrons. The highest BCUT2D eigenvalue weighted by Crippen LogP contribution is 2.44. The van der Waals surface area contributed by atoms with Crippen molar-refractivity contribution in [2.24, 2.45) is 4.99 Å². The zero-order valence-electron chi connectivity index (χ0n) is 17.5. The number of allylic oxidation sites excluding steroid dienone is 1. The lowest BCUT2D eigenvalue weighted by molar-refractivity contribution is -0.137. The van der Waals surface area contributed by atoms with Crippen molar-refractivity contribution >= 4 is 40.1 Å². The van der Waals surface area contributed by atoms with Gasteiger partial charge in [0.1, 0.15) is 11.7 Å². The van der Waals surface area contributed by atoms with Crippen molar-refractivity contribution in [3.8, 4) is 16.3 Å². The summed E-state index contributed by atoms with van der Waals surface area (Å²) in [5.74, 6) is 0.109. The summed E-state index contributed by atoms with van der Waals surface area (Å²) in [6, 6.07) is 13.1. The number of hydrogen-bond donors (Lipinski definition) is 0. The predicted molar refractivity (Wildman–Crippen MR) is 126 cm³/mol. The van der Waals surface area contributed by atoms with Crippen LogP contribution in [0.25, 0.3) is 16.3 Å². The summed E-state index contributed by atoms with van der Waals surface area (Å²) in [5, 5.41) is 7.47. The van der Waals surface area contributed by atoms with Gasteiger partial charge in [0.2, 0.25) is 5.91 Å². The van der Waals surface area contributed by atoms with Gasteiger partial charge in [0, 0.05) is 23.9 Å². The first-order chi connectivity index (χ1) is 15.6. The summed E-state index contributed by atoms with van der Waals surface area (Å²) in [4.78, 5) is 33.1. The van der Waals surface area contributed by atoms with Gasteiger partial charge < -0.3 is 4.74 Å². The molecule has 0 saturated carbocycles. The standard InChI is InChI=1S/C23H20N4O3S2/c1-14-19(22(29)30-2)21(27-18(28)10-12-32-23(27)24-14)16-13-26(15-7-4-3-5-8-15)25-20(16)17-9-6-11-31-17/h3-9,11,13,21H,10,12H2,1-2H3/t21-/m1/s1. The Morgan fingerprint density at radius 1 is 1.19 bits per heavy atom. The van der Waals surface area contributed by atoms with Gasteiger partial charge in [-0.25, -0.2) is 14.5 Å². The highest BCUT2D eigenvalue weighted by atomic mass is 32.2. The minimum atomic E-state index is -0.662. The number of carbonyl (C=O) groups is 2. The zero-order chi connectivity index (χ0) is 22.2. The van der Waals surface area contributed by atoms with E-state index in [9.17, 15) is 9.59 Å². The molecule has 9 heteroatoms. The molecule has 2 aliphatic rings. The summed E-state index contributed by atoms with van der Waals surface area (Å²) in [6.07, 6.45) is 2.29. The van der Waals surface area contributed by atoms with Gasteiger partial charge in [0.25, 0.3) is 0 Å². The van der Waals surface area contributed by atoms with Crippen LogP contribution in [0.4, 0.5) is 0 Å². The van der Waals surface area contributed by atoms with Crippen molar-refractivity contribution in [2.75, 3.05) is 12.9 Å². The number of ether oxygens (including phenoxy) is 1. The van der Waals surface area contributed by atoms with Crippen molar-refractivity contribution in [1.29, 1.82) is 0 Å². The average molecular weight is 465 g/mol. The number of thioether (sulfide) groups is 1. The normalized spacial score (nSPS) is 18.4. The van der Waals surface area contributed by atoms with E-state index in [2.05, 4.69) is 4.99 Å². The molecule has 1 saturated heterocycles. The molecule has 0 bridgehead atoms. The molecular formula is C23H20N4O3S2. The number of nitrogens with zero attached hydrogens (tertiary/aromatic N) is 4. The second-order valence-electron chi connectivity index (χ2n) is 7.34. The Bertz CT molecular complexity index is 1250. The van der Waals surface area contributed by atoms with Gasteiger partial charge in [-0.2, -0.15) is 5.10 Å². The number of hydrogen-bond acceptors (Lipinski definition) is 7. The molecule has 4 heterocycles. The van der Waals surface area contributed by atoms with Crippen molar-refractivity contribution in [2.45, 2.75) is 19.4 Å². The number of esters is 1. The molecule has 5 rings (SSSR count). The van der Waals surface area contributed by atoms with Gasteiger partial charge >= 0.3 is 5.97 Å². The Labute approximate surface area is 193 Å². The first kappa shape index (κ1) is 20.7. The van der Waals surface area contributed by atoms with E-state index in [1.807, 2.05) is 54.0 Å².